The van der Waals surface area contributed by atoms with E-state index in [9.17, 15) is 22.8 Å². The number of allylic oxidation sites excluding steroid dienone is 3. The standard InChI is InChI=1S/C26H25F3N2O3/c1-3-34-19-12-10-16(11-13-19)23-22(15(2)30-20-8-5-9-21(32)24(20)23)25(33)31-18-7-4-6-17(14-18)26(27,28)29/h4,6-7,10-14,23,30H,3,5,8-9H2,1-2H3,(H,31,33)/t23-/m1/s1. The number of dihydropyridines is 1. The molecule has 34 heavy (non-hydrogen) atoms. The first-order chi connectivity index (χ1) is 16.2. The molecule has 5 nitrogen and oxygen atoms in total. The van der Waals surface area contributed by atoms with Crippen LogP contribution >= 0.6 is 0 Å². The smallest absolute Gasteiger partial charge is 0.416 e. The van der Waals surface area contributed by atoms with Crippen molar-refractivity contribution < 1.29 is 27.5 Å². The van der Waals surface area contributed by atoms with Gasteiger partial charge < -0.3 is 15.4 Å². The lowest BCUT2D eigenvalue weighted by Gasteiger charge is -2.34. The normalized spacial score (nSPS) is 18.4. The molecular formula is C26H25F3N2O3. The number of anilines is 1. The fraction of sp³-hybridized carbons (Fsp3) is 0.308. The van der Waals surface area contributed by atoms with Gasteiger partial charge in [-0.2, -0.15) is 13.2 Å². The Morgan fingerprint density at radius 3 is 2.56 bits per heavy atom. The van der Waals surface area contributed by atoms with Crippen molar-refractivity contribution in [1.29, 1.82) is 0 Å². The molecule has 2 N–H and O–H groups in total. The molecule has 178 valence electrons. The number of ether oxygens (including phenoxy) is 1. The molecule has 1 heterocycles. The predicted octanol–water partition coefficient (Wildman–Crippen LogP) is 5.71. The number of amides is 1. The van der Waals surface area contributed by atoms with Gasteiger partial charge in [0.2, 0.25) is 0 Å². The second-order valence-corrected chi connectivity index (χ2v) is 8.30. The molecule has 2 aromatic rings. The second-order valence-electron chi connectivity index (χ2n) is 8.30. The molecule has 4 rings (SSSR count). The van der Waals surface area contributed by atoms with E-state index in [4.69, 9.17) is 4.74 Å². The topological polar surface area (TPSA) is 67.4 Å². The quantitative estimate of drug-likeness (QED) is 0.587. The minimum atomic E-state index is -4.53. The van der Waals surface area contributed by atoms with Gasteiger partial charge in [-0.3, -0.25) is 9.59 Å². The van der Waals surface area contributed by atoms with Crippen molar-refractivity contribution in [2.75, 3.05) is 11.9 Å². The van der Waals surface area contributed by atoms with E-state index in [2.05, 4.69) is 10.6 Å². The maximum atomic E-state index is 13.4. The Labute approximate surface area is 195 Å². The first-order valence-electron chi connectivity index (χ1n) is 11.1. The van der Waals surface area contributed by atoms with E-state index in [1.807, 2.05) is 19.1 Å². The van der Waals surface area contributed by atoms with E-state index in [1.54, 1.807) is 19.1 Å². The largest absolute Gasteiger partial charge is 0.494 e. The molecule has 0 fully saturated rings. The van der Waals surface area contributed by atoms with Gasteiger partial charge in [-0.1, -0.05) is 18.2 Å². The third-order valence-electron chi connectivity index (χ3n) is 5.99. The number of hydrogen-bond donors (Lipinski definition) is 2. The number of rotatable bonds is 5. The molecule has 1 amide bonds. The van der Waals surface area contributed by atoms with Crippen LogP contribution in [0.3, 0.4) is 0 Å². The third kappa shape index (κ3) is 4.71. The summed E-state index contributed by atoms with van der Waals surface area (Å²) in [7, 11) is 0. The van der Waals surface area contributed by atoms with E-state index >= 15 is 0 Å². The van der Waals surface area contributed by atoms with Gasteiger partial charge in [-0.25, -0.2) is 0 Å². The molecule has 0 unspecified atom stereocenters. The van der Waals surface area contributed by atoms with E-state index in [0.29, 0.717) is 42.0 Å². The summed E-state index contributed by atoms with van der Waals surface area (Å²) in [6.07, 6.45) is -2.73. The summed E-state index contributed by atoms with van der Waals surface area (Å²) in [4.78, 5) is 26.4. The summed E-state index contributed by atoms with van der Waals surface area (Å²) in [5, 5.41) is 5.81. The van der Waals surface area contributed by atoms with Gasteiger partial charge in [-0.05, 0) is 62.6 Å². The Kier molecular flexibility index (Phi) is 6.50. The highest BCUT2D eigenvalue weighted by Gasteiger charge is 2.38. The van der Waals surface area contributed by atoms with E-state index in [1.165, 1.54) is 12.1 Å². The molecule has 0 saturated heterocycles. The molecule has 2 aliphatic rings. The van der Waals surface area contributed by atoms with Crippen LogP contribution in [0, 0.1) is 0 Å². The van der Waals surface area contributed by atoms with Crippen LogP contribution in [0.15, 0.2) is 71.1 Å². The average Bonchev–Trinajstić information content (AvgIpc) is 2.78. The number of benzene rings is 2. The summed E-state index contributed by atoms with van der Waals surface area (Å²) >= 11 is 0. The SMILES string of the molecule is CCOc1ccc([C@@H]2C(C(=O)Nc3cccc(C(F)(F)F)c3)=C(C)NC3=C2C(=O)CCC3)cc1. The Morgan fingerprint density at radius 1 is 1.15 bits per heavy atom. The minimum Gasteiger partial charge on any atom is -0.494 e. The Morgan fingerprint density at radius 2 is 1.88 bits per heavy atom. The van der Waals surface area contributed by atoms with Gasteiger partial charge in [0, 0.05) is 40.6 Å². The number of halogens is 3. The van der Waals surface area contributed by atoms with Crippen LogP contribution < -0.4 is 15.4 Å². The second kappa shape index (κ2) is 9.37. The molecule has 1 aliphatic heterocycles. The molecule has 1 aliphatic carbocycles. The summed E-state index contributed by atoms with van der Waals surface area (Å²) in [5.41, 5.74) is 2.11. The molecule has 0 aromatic heterocycles. The maximum absolute atomic E-state index is 13.4. The number of nitrogens with one attached hydrogen (secondary N) is 2. The fourth-order valence-corrected chi connectivity index (χ4v) is 4.51. The molecule has 0 saturated carbocycles. The summed E-state index contributed by atoms with van der Waals surface area (Å²) < 4.78 is 44.9. The fourth-order valence-electron chi connectivity index (χ4n) is 4.51. The lowest BCUT2D eigenvalue weighted by Crippen LogP contribution is -2.35. The van der Waals surface area contributed by atoms with Crippen LogP contribution in [0.1, 0.15) is 50.2 Å². The lowest BCUT2D eigenvalue weighted by molar-refractivity contribution is -0.137. The van der Waals surface area contributed by atoms with Crippen LogP contribution in [0.25, 0.3) is 0 Å². The van der Waals surface area contributed by atoms with Crippen molar-refractivity contribution in [3.8, 4) is 5.75 Å². The highest BCUT2D eigenvalue weighted by Crippen LogP contribution is 2.43. The molecule has 8 heteroatoms. The summed E-state index contributed by atoms with van der Waals surface area (Å²) in [6, 6.07) is 11.7. The molecule has 0 bridgehead atoms. The highest BCUT2D eigenvalue weighted by atomic mass is 19.4. The molecular weight excluding hydrogens is 445 g/mol. The van der Waals surface area contributed by atoms with Gasteiger partial charge >= 0.3 is 6.18 Å². The predicted molar refractivity (Wildman–Crippen MR) is 122 cm³/mol. The highest BCUT2D eigenvalue weighted by molar-refractivity contribution is 6.09. The Hall–Kier alpha value is -3.55. The van der Waals surface area contributed by atoms with Crippen LogP contribution in [0.4, 0.5) is 18.9 Å². The van der Waals surface area contributed by atoms with Crippen molar-refractivity contribution >= 4 is 17.4 Å². The van der Waals surface area contributed by atoms with Crippen LogP contribution in [0.5, 0.6) is 5.75 Å². The van der Waals surface area contributed by atoms with E-state index in [0.717, 1.165) is 29.8 Å². The molecule has 2 aromatic carbocycles. The first kappa shape index (κ1) is 23.6. The van der Waals surface area contributed by atoms with Crippen LogP contribution in [-0.4, -0.2) is 18.3 Å². The van der Waals surface area contributed by atoms with Gasteiger partial charge in [0.1, 0.15) is 5.75 Å². The van der Waals surface area contributed by atoms with E-state index in [-0.39, 0.29) is 11.5 Å². The number of ketones is 1. The van der Waals surface area contributed by atoms with Crippen molar-refractivity contribution in [2.45, 2.75) is 45.2 Å². The van der Waals surface area contributed by atoms with E-state index < -0.39 is 23.6 Å². The first-order valence-corrected chi connectivity index (χ1v) is 11.1. The monoisotopic (exact) mass is 470 g/mol. The molecule has 0 spiro atoms. The van der Waals surface area contributed by atoms with Gasteiger partial charge in [0.05, 0.1) is 12.2 Å². The third-order valence-corrected chi connectivity index (χ3v) is 5.99. The van der Waals surface area contributed by atoms with Gasteiger partial charge in [-0.15, -0.1) is 0 Å². The lowest BCUT2D eigenvalue weighted by atomic mass is 9.75. The number of Topliss-reactive ketones (excluding diaryl/α,β-unsaturated/α-hetero) is 1. The number of carbonyl (C=O) groups excluding carboxylic acids is 2. The number of carbonyl (C=O) groups is 2. The zero-order valence-electron chi connectivity index (χ0n) is 18.9. The van der Waals surface area contributed by atoms with Crippen molar-refractivity contribution in [1.82, 2.24) is 5.32 Å². The zero-order valence-corrected chi connectivity index (χ0v) is 18.9. The van der Waals surface area contributed by atoms with Crippen molar-refractivity contribution in [3.63, 3.8) is 0 Å². The summed E-state index contributed by atoms with van der Waals surface area (Å²) in [6.45, 7) is 4.12. The Balaban J connectivity index is 1.73. The zero-order chi connectivity index (χ0) is 24.5. The van der Waals surface area contributed by atoms with Crippen molar-refractivity contribution in [3.05, 3.63) is 82.2 Å². The maximum Gasteiger partial charge on any atom is 0.416 e. The molecule has 1 atom stereocenters. The van der Waals surface area contributed by atoms with Crippen molar-refractivity contribution in [2.24, 2.45) is 0 Å². The number of hydrogen-bond acceptors (Lipinski definition) is 4. The van der Waals surface area contributed by atoms with Gasteiger partial charge in [0.15, 0.2) is 5.78 Å². The Bertz CT molecular complexity index is 1180. The van der Waals surface area contributed by atoms with Crippen LogP contribution in [0.2, 0.25) is 0 Å². The van der Waals surface area contributed by atoms with Crippen LogP contribution in [-0.2, 0) is 15.8 Å². The minimum absolute atomic E-state index is 0.0281. The van der Waals surface area contributed by atoms with Gasteiger partial charge in [0.25, 0.3) is 5.91 Å². The summed E-state index contributed by atoms with van der Waals surface area (Å²) in [5.74, 6) is -0.566. The average molecular weight is 470 g/mol. The number of alkyl halides is 3. The molecule has 0 radical (unpaired) electrons.